The molecular formula is C18H15Br2F3N2O2S. The van der Waals surface area contributed by atoms with Crippen molar-refractivity contribution in [3.8, 4) is 17.0 Å². The number of alkyl halides is 3. The van der Waals surface area contributed by atoms with Crippen molar-refractivity contribution >= 4 is 49.9 Å². The van der Waals surface area contributed by atoms with Gasteiger partial charge in [0.15, 0.2) is 4.80 Å². The molecule has 150 valence electrons. The van der Waals surface area contributed by atoms with E-state index in [1.165, 1.54) is 35.6 Å². The maximum atomic E-state index is 12.2. The Morgan fingerprint density at radius 1 is 1.07 bits per heavy atom. The topological polar surface area (TPSA) is 46.8 Å². The Bertz CT molecular complexity index is 968. The van der Waals surface area contributed by atoms with Crippen molar-refractivity contribution in [3.63, 3.8) is 0 Å². The highest BCUT2D eigenvalue weighted by atomic mass is 79.9. The van der Waals surface area contributed by atoms with E-state index in [0.717, 1.165) is 15.7 Å². The van der Waals surface area contributed by atoms with E-state index in [4.69, 9.17) is 0 Å². The van der Waals surface area contributed by atoms with Crippen LogP contribution < -0.4 is 9.54 Å². The fraction of sp³-hybridized carbons (Fsp3) is 0.167. The average Bonchev–Trinajstić information content (AvgIpc) is 2.99. The predicted molar refractivity (Wildman–Crippen MR) is 111 cm³/mol. The van der Waals surface area contributed by atoms with Crippen LogP contribution >= 0.6 is 44.2 Å². The first kappa shape index (κ1) is 22.7. The Morgan fingerprint density at radius 3 is 2.29 bits per heavy atom. The number of aliphatic hydroxyl groups is 1. The lowest BCUT2D eigenvalue weighted by molar-refractivity contribution is -0.274. The SMILES string of the molecule is Br.OCCn1c(-c2ccc(Br)cc2)csc1=Nc1ccc(OC(F)(F)F)cc1. The molecule has 10 heteroatoms. The Balaban J connectivity index is 0.00000280. The Hall–Kier alpha value is -1.62. The molecule has 1 heterocycles. The monoisotopic (exact) mass is 538 g/mol. The first-order valence-corrected chi connectivity index (χ1v) is 9.48. The summed E-state index contributed by atoms with van der Waals surface area (Å²) in [6.07, 6.45) is -4.73. The molecular weight excluding hydrogens is 525 g/mol. The maximum Gasteiger partial charge on any atom is 0.573 e. The first-order valence-electron chi connectivity index (χ1n) is 7.81. The van der Waals surface area contributed by atoms with Gasteiger partial charge in [-0.15, -0.1) is 41.5 Å². The van der Waals surface area contributed by atoms with Crippen LogP contribution in [0.3, 0.4) is 0 Å². The van der Waals surface area contributed by atoms with Gasteiger partial charge in [0, 0.05) is 16.4 Å². The van der Waals surface area contributed by atoms with Crippen molar-refractivity contribution in [1.29, 1.82) is 0 Å². The van der Waals surface area contributed by atoms with Crippen LogP contribution in [-0.4, -0.2) is 22.6 Å². The molecule has 0 fully saturated rings. The number of hydrogen-bond donors (Lipinski definition) is 1. The molecule has 0 aliphatic heterocycles. The molecule has 3 aromatic rings. The predicted octanol–water partition coefficient (Wildman–Crippen LogP) is 5.68. The second-order valence-electron chi connectivity index (χ2n) is 5.44. The molecule has 2 aromatic carbocycles. The van der Waals surface area contributed by atoms with Gasteiger partial charge >= 0.3 is 6.36 Å². The van der Waals surface area contributed by atoms with Crippen molar-refractivity contribution in [2.24, 2.45) is 4.99 Å². The van der Waals surface area contributed by atoms with Crippen LogP contribution in [0.4, 0.5) is 18.9 Å². The summed E-state index contributed by atoms with van der Waals surface area (Å²) < 4.78 is 43.4. The quantitative estimate of drug-likeness (QED) is 0.453. The Kier molecular flexibility index (Phi) is 7.87. The molecule has 28 heavy (non-hydrogen) atoms. The van der Waals surface area contributed by atoms with Gasteiger partial charge in [0.2, 0.25) is 0 Å². The highest BCUT2D eigenvalue weighted by Crippen LogP contribution is 2.26. The number of thiazole rings is 1. The summed E-state index contributed by atoms with van der Waals surface area (Å²) in [5.41, 5.74) is 2.36. The van der Waals surface area contributed by atoms with Gasteiger partial charge in [-0.2, -0.15) is 0 Å². The van der Waals surface area contributed by atoms with Crippen LogP contribution in [0.25, 0.3) is 11.3 Å². The van der Waals surface area contributed by atoms with Crippen molar-refractivity contribution < 1.29 is 23.0 Å². The molecule has 0 atom stereocenters. The van der Waals surface area contributed by atoms with Crippen LogP contribution in [0.1, 0.15) is 0 Å². The summed E-state index contributed by atoms with van der Waals surface area (Å²) >= 11 is 4.78. The van der Waals surface area contributed by atoms with Gasteiger partial charge in [-0.3, -0.25) is 0 Å². The molecule has 0 radical (unpaired) electrons. The third-order valence-electron chi connectivity index (χ3n) is 3.56. The second-order valence-corrected chi connectivity index (χ2v) is 7.19. The largest absolute Gasteiger partial charge is 0.573 e. The maximum absolute atomic E-state index is 12.2. The van der Waals surface area contributed by atoms with Crippen molar-refractivity contribution in [1.82, 2.24) is 4.57 Å². The fourth-order valence-corrected chi connectivity index (χ4v) is 3.64. The zero-order chi connectivity index (χ0) is 19.4. The average molecular weight is 540 g/mol. The zero-order valence-electron chi connectivity index (χ0n) is 14.2. The number of benzene rings is 2. The normalized spacial score (nSPS) is 12.0. The molecule has 3 rings (SSSR count). The molecule has 0 aliphatic carbocycles. The molecule has 0 spiro atoms. The molecule has 0 bridgehead atoms. The van der Waals surface area contributed by atoms with E-state index in [1.807, 2.05) is 34.2 Å². The number of hydrogen-bond acceptors (Lipinski definition) is 4. The standard InChI is InChI=1S/C18H14BrF3N2O2S.BrH/c19-13-3-1-12(2-4-13)16-11-27-17(24(16)9-10-25)23-14-5-7-15(8-6-14)26-18(20,21)22;/h1-8,11,25H,9-10H2;1H. The summed E-state index contributed by atoms with van der Waals surface area (Å²) in [5, 5.41) is 11.3. The number of rotatable bonds is 5. The van der Waals surface area contributed by atoms with E-state index >= 15 is 0 Å². The fourth-order valence-electron chi connectivity index (χ4n) is 2.42. The molecule has 1 aromatic heterocycles. The molecule has 4 nitrogen and oxygen atoms in total. The van der Waals surface area contributed by atoms with Crippen molar-refractivity contribution in [2.45, 2.75) is 12.9 Å². The Morgan fingerprint density at radius 2 is 1.71 bits per heavy atom. The Labute approximate surface area is 181 Å². The number of aromatic nitrogens is 1. The van der Waals surface area contributed by atoms with Gasteiger partial charge in [0.05, 0.1) is 18.0 Å². The molecule has 0 saturated carbocycles. The number of halogens is 5. The summed E-state index contributed by atoms with van der Waals surface area (Å²) in [5.74, 6) is -0.300. The molecule has 1 N–H and O–H groups in total. The van der Waals surface area contributed by atoms with Crippen LogP contribution in [0.15, 0.2) is 63.4 Å². The highest BCUT2D eigenvalue weighted by molar-refractivity contribution is 9.10. The highest BCUT2D eigenvalue weighted by Gasteiger charge is 2.30. The summed E-state index contributed by atoms with van der Waals surface area (Å²) in [6, 6.07) is 13.1. The molecule has 0 aliphatic rings. The van der Waals surface area contributed by atoms with Gasteiger partial charge in [0.25, 0.3) is 0 Å². The first-order chi connectivity index (χ1) is 12.9. The lowest BCUT2D eigenvalue weighted by Gasteiger charge is -2.09. The molecule has 0 unspecified atom stereocenters. The van der Waals surface area contributed by atoms with Crippen LogP contribution in [-0.2, 0) is 6.54 Å². The van der Waals surface area contributed by atoms with E-state index in [2.05, 4.69) is 25.7 Å². The number of aliphatic hydroxyl groups excluding tert-OH is 1. The minimum atomic E-state index is -4.73. The van der Waals surface area contributed by atoms with E-state index in [-0.39, 0.29) is 29.3 Å². The van der Waals surface area contributed by atoms with Gasteiger partial charge < -0.3 is 14.4 Å². The minimum Gasteiger partial charge on any atom is -0.406 e. The third-order valence-corrected chi connectivity index (χ3v) is 4.95. The van der Waals surface area contributed by atoms with E-state index in [0.29, 0.717) is 17.0 Å². The van der Waals surface area contributed by atoms with E-state index in [9.17, 15) is 18.3 Å². The molecule has 0 amide bonds. The van der Waals surface area contributed by atoms with Gasteiger partial charge in [-0.25, -0.2) is 4.99 Å². The lowest BCUT2D eigenvalue weighted by atomic mass is 10.2. The van der Waals surface area contributed by atoms with E-state index < -0.39 is 6.36 Å². The molecule has 0 saturated heterocycles. The van der Waals surface area contributed by atoms with E-state index in [1.54, 1.807) is 0 Å². The van der Waals surface area contributed by atoms with Gasteiger partial charge in [0.1, 0.15) is 5.75 Å². The summed E-state index contributed by atoms with van der Waals surface area (Å²) in [6.45, 7) is 0.287. The summed E-state index contributed by atoms with van der Waals surface area (Å²) in [7, 11) is 0. The third kappa shape index (κ3) is 5.94. The lowest BCUT2D eigenvalue weighted by Crippen LogP contribution is -2.18. The number of ether oxygens (including phenoxy) is 1. The van der Waals surface area contributed by atoms with Gasteiger partial charge in [-0.1, -0.05) is 28.1 Å². The van der Waals surface area contributed by atoms with Crippen LogP contribution in [0, 0.1) is 0 Å². The van der Waals surface area contributed by atoms with Crippen molar-refractivity contribution in [2.75, 3.05) is 6.61 Å². The van der Waals surface area contributed by atoms with Crippen LogP contribution in [0.5, 0.6) is 5.75 Å². The van der Waals surface area contributed by atoms with Crippen LogP contribution in [0.2, 0.25) is 0 Å². The summed E-state index contributed by atoms with van der Waals surface area (Å²) in [4.78, 5) is 5.12. The number of nitrogens with zero attached hydrogens (tertiary/aromatic N) is 2. The second kappa shape index (κ2) is 9.73. The van der Waals surface area contributed by atoms with Crippen molar-refractivity contribution in [3.05, 3.63) is 63.2 Å². The zero-order valence-corrected chi connectivity index (χ0v) is 18.3. The van der Waals surface area contributed by atoms with Gasteiger partial charge in [-0.05, 0) is 42.0 Å². The minimum absolute atomic E-state index is 0. The smallest absolute Gasteiger partial charge is 0.406 e.